The number of hydrogen-bond acceptors (Lipinski definition) is 4. The van der Waals surface area contributed by atoms with Gasteiger partial charge < -0.3 is 15.0 Å². The number of piperidine rings is 2. The molecule has 3 rings (SSSR count). The highest BCUT2D eigenvalue weighted by Crippen LogP contribution is 2.25. The lowest BCUT2D eigenvalue weighted by molar-refractivity contribution is -0.140. The average molecular weight is 382 g/mol. The Morgan fingerprint density at radius 3 is 2.38 bits per heavy atom. The standard InChI is InChI=1S/C17H31N3O2.2ClH/c1-17(6-2-3-7-18-17)16(21)20-8-4-15(5-9-20)14-19-10-12-22-13-11-19;;/h15,18H,2-14H2,1H3;2*1H. The van der Waals surface area contributed by atoms with E-state index in [0.717, 1.165) is 71.1 Å². The van der Waals surface area contributed by atoms with E-state index in [-0.39, 0.29) is 30.4 Å². The Morgan fingerprint density at radius 2 is 1.79 bits per heavy atom. The van der Waals surface area contributed by atoms with Crippen molar-refractivity contribution in [3.63, 3.8) is 0 Å². The summed E-state index contributed by atoms with van der Waals surface area (Å²) in [5.41, 5.74) is -0.310. The molecule has 0 saturated carbocycles. The molecule has 1 N–H and O–H groups in total. The highest BCUT2D eigenvalue weighted by Gasteiger charge is 2.38. The number of nitrogens with one attached hydrogen (secondary N) is 1. The number of rotatable bonds is 3. The van der Waals surface area contributed by atoms with Gasteiger partial charge in [0.2, 0.25) is 5.91 Å². The van der Waals surface area contributed by atoms with Gasteiger partial charge in [-0.1, -0.05) is 0 Å². The second kappa shape index (κ2) is 10.2. The molecule has 1 unspecified atom stereocenters. The van der Waals surface area contributed by atoms with Crippen molar-refractivity contribution >= 4 is 30.7 Å². The molecular formula is C17H33Cl2N3O2. The Balaban J connectivity index is 0.00000144. The third kappa shape index (κ3) is 5.46. The Kier molecular flexibility index (Phi) is 9.31. The first-order valence-corrected chi connectivity index (χ1v) is 9.02. The summed E-state index contributed by atoms with van der Waals surface area (Å²) in [4.78, 5) is 17.4. The van der Waals surface area contributed by atoms with Crippen LogP contribution in [0.25, 0.3) is 0 Å². The second-order valence-corrected chi connectivity index (χ2v) is 7.36. The SMILES string of the molecule is CC1(C(=O)N2CCC(CN3CCOCC3)CC2)CCCCN1.Cl.Cl. The van der Waals surface area contributed by atoms with Crippen LogP contribution in [-0.4, -0.2) is 73.7 Å². The predicted octanol–water partition coefficient (Wildman–Crippen LogP) is 1.93. The predicted molar refractivity (Wildman–Crippen MR) is 101 cm³/mol. The Labute approximate surface area is 158 Å². The van der Waals surface area contributed by atoms with Crippen molar-refractivity contribution < 1.29 is 9.53 Å². The number of likely N-dealkylation sites (tertiary alicyclic amines) is 1. The van der Waals surface area contributed by atoms with Gasteiger partial charge in [-0.3, -0.25) is 9.69 Å². The van der Waals surface area contributed by atoms with Gasteiger partial charge in [-0.15, -0.1) is 24.8 Å². The summed E-state index contributed by atoms with van der Waals surface area (Å²) in [7, 11) is 0. The molecule has 1 amide bonds. The number of amides is 1. The van der Waals surface area contributed by atoms with Crippen LogP contribution in [0.15, 0.2) is 0 Å². The van der Waals surface area contributed by atoms with Crippen molar-refractivity contribution in [3.8, 4) is 0 Å². The second-order valence-electron chi connectivity index (χ2n) is 7.36. The summed E-state index contributed by atoms with van der Waals surface area (Å²) in [6.07, 6.45) is 5.66. The van der Waals surface area contributed by atoms with E-state index in [4.69, 9.17) is 4.74 Å². The monoisotopic (exact) mass is 381 g/mol. The number of nitrogens with zero attached hydrogens (tertiary/aromatic N) is 2. The van der Waals surface area contributed by atoms with Crippen LogP contribution in [0.2, 0.25) is 0 Å². The van der Waals surface area contributed by atoms with Crippen LogP contribution in [0.1, 0.15) is 39.0 Å². The zero-order chi connectivity index (χ0) is 15.4. The maximum absolute atomic E-state index is 12.8. The number of halogens is 2. The summed E-state index contributed by atoms with van der Waals surface area (Å²) < 4.78 is 5.41. The number of morpholine rings is 1. The van der Waals surface area contributed by atoms with Crippen molar-refractivity contribution in [1.82, 2.24) is 15.1 Å². The Bertz CT molecular complexity index is 378. The summed E-state index contributed by atoms with van der Waals surface area (Å²) >= 11 is 0. The van der Waals surface area contributed by atoms with E-state index >= 15 is 0 Å². The first kappa shape index (κ1) is 22.0. The lowest BCUT2D eigenvalue weighted by Crippen LogP contribution is -2.59. The molecule has 0 spiro atoms. The first-order chi connectivity index (χ1) is 10.7. The number of carbonyl (C=O) groups is 1. The fourth-order valence-electron chi connectivity index (χ4n) is 4.06. The molecular weight excluding hydrogens is 349 g/mol. The molecule has 0 radical (unpaired) electrons. The van der Waals surface area contributed by atoms with Gasteiger partial charge in [0.15, 0.2) is 0 Å². The minimum atomic E-state index is -0.310. The van der Waals surface area contributed by atoms with Crippen molar-refractivity contribution in [2.75, 3.05) is 52.5 Å². The topological polar surface area (TPSA) is 44.8 Å². The van der Waals surface area contributed by atoms with Crippen LogP contribution in [-0.2, 0) is 9.53 Å². The molecule has 24 heavy (non-hydrogen) atoms. The molecule has 3 fully saturated rings. The van der Waals surface area contributed by atoms with Gasteiger partial charge in [0.25, 0.3) is 0 Å². The summed E-state index contributed by atoms with van der Waals surface area (Å²) in [5, 5.41) is 3.46. The van der Waals surface area contributed by atoms with Crippen LogP contribution in [0.3, 0.4) is 0 Å². The maximum Gasteiger partial charge on any atom is 0.242 e. The van der Waals surface area contributed by atoms with Crippen molar-refractivity contribution in [2.45, 2.75) is 44.6 Å². The normalized spacial score (nSPS) is 29.5. The lowest BCUT2D eigenvalue weighted by Gasteiger charge is -2.41. The molecule has 0 bridgehead atoms. The third-order valence-electron chi connectivity index (χ3n) is 5.61. The number of ether oxygens (including phenoxy) is 1. The largest absolute Gasteiger partial charge is 0.379 e. The van der Waals surface area contributed by atoms with Gasteiger partial charge >= 0.3 is 0 Å². The molecule has 7 heteroatoms. The van der Waals surface area contributed by atoms with E-state index < -0.39 is 0 Å². The summed E-state index contributed by atoms with van der Waals surface area (Å²) in [6, 6.07) is 0. The number of carbonyl (C=O) groups excluding carboxylic acids is 1. The zero-order valence-electron chi connectivity index (χ0n) is 14.8. The molecule has 0 aromatic rings. The average Bonchev–Trinajstić information content (AvgIpc) is 2.56. The first-order valence-electron chi connectivity index (χ1n) is 9.02. The highest BCUT2D eigenvalue weighted by molar-refractivity contribution is 5.86. The summed E-state index contributed by atoms with van der Waals surface area (Å²) in [6.45, 7) is 10.0. The van der Waals surface area contributed by atoms with Gasteiger partial charge in [0, 0.05) is 32.7 Å². The molecule has 3 aliphatic heterocycles. The van der Waals surface area contributed by atoms with Crippen molar-refractivity contribution in [2.24, 2.45) is 5.92 Å². The zero-order valence-corrected chi connectivity index (χ0v) is 16.4. The van der Waals surface area contributed by atoms with Crippen LogP contribution < -0.4 is 5.32 Å². The van der Waals surface area contributed by atoms with Gasteiger partial charge in [-0.05, 0) is 51.5 Å². The van der Waals surface area contributed by atoms with Crippen LogP contribution in [0, 0.1) is 5.92 Å². The van der Waals surface area contributed by atoms with Gasteiger partial charge in [0.05, 0.1) is 18.8 Å². The minimum absolute atomic E-state index is 0. The van der Waals surface area contributed by atoms with Gasteiger partial charge in [0.1, 0.15) is 0 Å². The van der Waals surface area contributed by atoms with Crippen LogP contribution in [0.5, 0.6) is 0 Å². The maximum atomic E-state index is 12.8. The molecule has 5 nitrogen and oxygen atoms in total. The van der Waals surface area contributed by atoms with Crippen LogP contribution >= 0.6 is 24.8 Å². The molecule has 142 valence electrons. The summed E-state index contributed by atoms with van der Waals surface area (Å²) in [5.74, 6) is 1.08. The van der Waals surface area contributed by atoms with Crippen molar-refractivity contribution in [3.05, 3.63) is 0 Å². The van der Waals surface area contributed by atoms with Crippen molar-refractivity contribution in [1.29, 1.82) is 0 Å². The van der Waals surface area contributed by atoms with E-state index in [1.165, 1.54) is 19.4 Å². The van der Waals surface area contributed by atoms with E-state index in [0.29, 0.717) is 5.91 Å². The lowest BCUT2D eigenvalue weighted by atomic mass is 9.88. The van der Waals surface area contributed by atoms with Gasteiger partial charge in [-0.2, -0.15) is 0 Å². The van der Waals surface area contributed by atoms with E-state index in [2.05, 4.69) is 22.0 Å². The quantitative estimate of drug-likeness (QED) is 0.810. The third-order valence-corrected chi connectivity index (χ3v) is 5.61. The minimum Gasteiger partial charge on any atom is -0.379 e. The Hall–Kier alpha value is -0.0700. The highest BCUT2D eigenvalue weighted by atomic mass is 35.5. The van der Waals surface area contributed by atoms with Crippen LogP contribution in [0.4, 0.5) is 0 Å². The van der Waals surface area contributed by atoms with E-state index in [1.807, 2.05) is 0 Å². The number of hydrogen-bond donors (Lipinski definition) is 1. The molecule has 3 heterocycles. The fourth-order valence-corrected chi connectivity index (χ4v) is 4.06. The molecule has 0 aromatic heterocycles. The molecule has 3 aliphatic rings. The molecule has 0 aliphatic carbocycles. The van der Waals surface area contributed by atoms with E-state index in [9.17, 15) is 4.79 Å². The fraction of sp³-hybridized carbons (Fsp3) is 0.941. The smallest absolute Gasteiger partial charge is 0.242 e. The van der Waals surface area contributed by atoms with Gasteiger partial charge in [-0.25, -0.2) is 0 Å². The van der Waals surface area contributed by atoms with E-state index in [1.54, 1.807) is 0 Å². The molecule has 0 aromatic carbocycles. The molecule has 3 saturated heterocycles. The molecule has 1 atom stereocenters. The Morgan fingerprint density at radius 1 is 1.12 bits per heavy atom.